The third kappa shape index (κ3) is 20.0. The van der Waals surface area contributed by atoms with Gasteiger partial charge in [-0.25, -0.2) is 0 Å². The van der Waals surface area contributed by atoms with Gasteiger partial charge in [0.1, 0.15) is 0 Å². The molecule has 0 atom stereocenters. The van der Waals surface area contributed by atoms with Crippen molar-refractivity contribution in [2.75, 3.05) is 106 Å². The number of likely N-dealkylation sites (N-methyl/N-ethyl adjacent to an activating group) is 2. The van der Waals surface area contributed by atoms with Gasteiger partial charge >= 0.3 is 0 Å². The van der Waals surface area contributed by atoms with Crippen LogP contribution in [-0.2, 0) is 28.5 Å². The monoisotopic (exact) mass is 466 g/mol. The number of rotatable bonds is 22. The highest BCUT2D eigenvalue weighted by Crippen LogP contribution is 2.25. The molecule has 0 rings (SSSR count). The molecule has 0 aliphatic heterocycles. The van der Waals surface area contributed by atoms with E-state index in [4.69, 9.17) is 23.7 Å². The minimum Gasteiger partial charge on any atom is -0.383 e. The van der Waals surface area contributed by atoms with Crippen LogP contribution >= 0.6 is 11.8 Å². The fourth-order valence-electron chi connectivity index (χ4n) is 2.62. The van der Waals surface area contributed by atoms with Crippen molar-refractivity contribution in [3.05, 3.63) is 0 Å². The molecule has 0 bridgehead atoms. The summed E-state index contributed by atoms with van der Waals surface area (Å²) in [6.07, 6.45) is 1.03. The molecule has 9 heteroatoms. The van der Waals surface area contributed by atoms with Gasteiger partial charge < -0.3 is 33.5 Å². The minimum absolute atomic E-state index is 0.000917. The number of thioether (sulfide) groups is 1. The van der Waals surface area contributed by atoms with E-state index in [1.807, 2.05) is 7.05 Å². The third-order valence-electron chi connectivity index (χ3n) is 4.38. The standard InChI is InChI=1S/C22H46N2O6S/c1-7-10-27-13-15-29-17-18-30-16-14-28-12-9-24(5)21(25)19-31-22(2,3)20-23(4)8-11-26-6/h7-20H2,1-6H3. The number of hydrogen-bond donors (Lipinski definition) is 0. The van der Waals surface area contributed by atoms with Crippen molar-refractivity contribution in [3.8, 4) is 0 Å². The second-order valence-corrected chi connectivity index (χ2v) is 9.73. The Morgan fingerprint density at radius 1 is 0.806 bits per heavy atom. The molecular formula is C22H46N2O6S. The van der Waals surface area contributed by atoms with Gasteiger partial charge in [0.25, 0.3) is 0 Å². The second-order valence-electron chi connectivity index (χ2n) is 8.04. The van der Waals surface area contributed by atoms with Gasteiger partial charge in [-0.3, -0.25) is 4.79 Å². The number of ether oxygens (including phenoxy) is 5. The minimum atomic E-state index is -0.000917. The summed E-state index contributed by atoms with van der Waals surface area (Å²) in [6.45, 7) is 14.1. The smallest absolute Gasteiger partial charge is 0.232 e. The molecule has 0 N–H and O–H groups in total. The summed E-state index contributed by atoms with van der Waals surface area (Å²) in [6, 6.07) is 0. The Balaban J connectivity index is 3.64. The molecule has 8 nitrogen and oxygen atoms in total. The van der Waals surface area contributed by atoms with Crippen LogP contribution in [0.2, 0.25) is 0 Å². The second kappa shape index (κ2) is 20.2. The van der Waals surface area contributed by atoms with Gasteiger partial charge in [-0.05, 0) is 27.3 Å². The van der Waals surface area contributed by atoms with Gasteiger partial charge in [-0.15, -0.1) is 11.8 Å². The van der Waals surface area contributed by atoms with Crippen LogP contribution in [-0.4, -0.2) is 127 Å². The number of amides is 1. The van der Waals surface area contributed by atoms with Crippen molar-refractivity contribution in [2.24, 2.45) is 0 Å². The zero-order valence-electron chi connectivity index (χ0n) is 20.7. The van der Waals surface area contributed by atoms with E-state index in [9.17, 15) is 4.79 Å². The Kier molecular flexibility index (Phi) is 19.9. The zero-order valence-corrected chi connectivity index (χ0v) is 21.5. The molecule has 0 aromatic rings. The van der Waals surface area contributed by atoms with Crippen LogP contribution in [0.15, 0.2) is 0 Å². The first-order chi connectivity index (χ1) is 14.8. The SMILES string of the molecule is CCCOCCOCCOCCOCCN(C)C(=O)CSC(C)(C)CN(C)CCOC. The third-order valence-corrected chi connectivity index (χ3v) is 5.68. The first kappa shape index (κ1) is 30.6. The van der Waals surface area contributed by atoms with Crippen molar-refractivity contribution < 1.29 is 28.5 Å². The Hall–Kier alpha value is -0.420. The zero-order chi connectivity index (χ0) is 23.4. The summed E-state index contributed by atoms with van der Waals surface area (Å²) in [7, 11) is 5.61. The summed E-state index contributed by atoms with van der Waals surface area (Å²) in [5.74, 6) is 0.589. The van der Waals surface area contributed by atoms with E-state index in [1.165, 1.54) is 0 Å². The first-order valence-corrected chi connectivity index (χ1v) is 12.2. The largest absolute Gasteiger partial charge is 0.383 e. The molecule has 0 saturated heterocycles. The van der Waals surface area contributed by atoms with E-state index in [0.29, 0.717) is 65.2 Å². The van der Waals surface area contributed by atoms with E-state index < -0.39 is 0 Å². The molecule has 0 spiro atoms. The van der Waals surface area contributed by atoms with E-state index in [-0.39, 0.29) is 10.7 Å². The molecule has 0 radical (unpaired) electrons. The molecule has 0 aliphatic rings. The average molecular weight is 467 g/mol. The molecule has 0 unspecified atom stereocenters. The number of methoxy groups -OCH3 is 1. The van der Waals surface area contributed by atoms with E-state index in [0.717, 1.165) is 26.1 Å². The fourth-order valence-corrected chi connectivity index (χ4v) is 3.67. The summed E-state index contributed by atoms with van der Waals surface area (Å²) in [5.41, 5.74) is 0. The number of carbonyl (C=O) groups is 1. The van der Waals surface area contributed by atoms with E-state index >= 15 is 0 Å². The quantitative estimate of drug-likeness (QED) is 0.225. The Morgan fingerprint density at radius 3 is 1.84 bits per heavy atom. The molecule has 0 saturated carbocycles. The molecule has 31 heavy (non-hydrogen) atoms. The molecule has 0 aromatic carbocycles. The van der Waals surface area contributed by atoms with Crippen LogP contribution in [0.1, 0.15) is 27.2 Å². The van der Waals surface area contributed by atoms with Gasteiger partial charge in [-0.2, -0.15) is 0 Å². The van der Waals surface area contributed by atoms with Crippen LogP contribution in [0.25, 0.3) is 0 Å². The fraction of sp³-hybridized carbons (Fsp3) is 0.955. The van der Waals surface area contributed by atoms with Gasteiger partial charge in [-0.1, -0.05) is 6.92 Å². The number of hydrogen-bond acceptors (Lipinski definition) is 8. The Labute approximate surface area is 194 Å². The highest BCUT2D eigenvalue weighted by atomic mass is 32.2. The summed E-state index contributed by atoms with van der Waals surface area (Å²) in [5, 5.41) is 0. The lowest BCUT2D eigenvalue weighted by atomic mass is 10.2. The Morgan fingerprint density at radius 2 is 1.32 bits per heavy atom. The Bertz CT molecular complexity index is 429. The highest BCUT2D eigenvalue weighted by molar-refractivity contribution is 8.01. The van der Waals surface area contributed by atoms with E-state index in [2.05, 4.69) is 32.7 Å². The predicted molar refractivity (Wildman–Crippen MR) is 127 cm³/mol. The topological polar surface area (TPSA) is 69.7 Å². The maximum absolute atomic E-state index is 12.4. The van der Waals surface area contributed by atoms with Crippen molar-refractivity contribution in [1.82, 2.24) is 9.80 Å². The predicted octanol–water partition coefficient (Wildman–Crippen LogP) is 2.01. The lowest BCUT2D eigenvalue weighted by Gasteiger charge is -2.30. The van der Waals surface area contributed by atoms with Crippen molar-refractivity contribution in [2.45, 2.75) is 31.9 Å². The maximum Gasteiger partial charge on any atom is 0.232 e. The summed E-state index contributed by atoms with van der Waals surface area (Å²) < 4.78 is 26.9. The van der Waals surface area contributed by atoms with Crippen LogP contribution in [0.4, 0.5) is 0 Å². The molecule has 0 heterocycles. The first-order valence-electron chi connectivity index (χ1n) is 11.2. The van der Waals surface area contributed by atoms with Crippen molar-refractivity contribution >= 4 is 17.7 Å². The molecule has 186 valence electrons. The number of nitrogens with zero attached hydrogens (tertiary/aromatic N) is 2. The lowest BCUT2D eigenvalue weighted by molar-refractivity contribution is -0.127. The van der Waals surface area contributed by atoms with Gasteiger partial charge in [0.2, 0.25) is 5.91 Å². The highest BCUT2D eigenvalue weighted by Gasteiger charge is 2.23. The molecule has 0 aromatic heterocycles. The lowest BCUT2D eigenvalue weighted by Crippen LogP contribution is -2.38. The normalized spacial score (nSPS) is 12.0. The average Bonchev–Trinajstić information content (AvgIpc) is 2.73. The summed E-state index contributed by atoms with van der Waals surface area (Å²) in [4.78, 5) is 16.3. The van der Waals surface area contributed by atoms with Gasteiger partial charge in [0.05, 0.1) is 58.6 Å². The summed E-state index contributed by atoms with van der Waals surface area (Å²) >= 11 is 1.68. The molecule has 0 aliphatic carbocycles. The van der Waals surface area contributed by atoms with Crippen LogP contribution in [0.3, 0.4) is 0 Å². The molecular weight excluding hydrogens is 420 g/mol. The van der Waals surface area contributed by atoms with Gasteiger partial charge in [0.15, 0.2) is 0 Å². The molecule has 0 fully saturated rings. The number of carbonyl (C=O) groups excluding carboxylic acids is 1. The van der Waals surface area contributed by atoms with Crippen molar-refractivity contribution in [1.29, 1.82) is 0 Å². The van der Waals surface area contributed by atoms with E-state index in [1.54, 1.807) is 23.8 Å². The van der Waals surface area contributed by atoms with Crippen LogP contribution < -0.4 is 0 Å². The van der Waals surface area contributed by atoms with Crippen LogP contribution in [0, 0.1) is 0 Å². The van der Waals surface area contributed by atoms with Crippen LogP contribution in [0.5, 0.6) is 0 Å². The maximum atomic E-state index is 12.4. The van der Waals surface area contributed by atoms with Crippen molar-refractivity contribution in [3.63, 3.8) is 0 Å². The van der Waals surface area contributed by atoms with Gasteiger partial charge in [0, 0.05) is 45.1 Å². The molecule has 1 amide bonds.